The van der Waals surface area contributed by atoms with Gasteiger partial charge in [0.15, 0.2) is 0 Å². The van der Waals surface area contributed by atoms with Crippen LogP contribution >= 0.6 is 0 Å². The third-order valence-corrected chi connectivity index (χ3v) is 4.34. The summed E-state index contributed by atoms with van der Waals surface area (Å²) >= 11 is 0. The Labute approximate surface area is 136 Å². The van der Waals surface area contributed by atoms with E-state index in [0.717, 1.165) is 11.9 Å². The SMILES string of the molecule is Cc1cc(C)cc(Cc2ccc3cnc4ccccc4c3c2)c1. The molecule has 0 atom stereocenters. The third-order valence-electron chi connectivity index (χ3n) is 4.34. The Morgan fingerprint density at radius 1 is 0.739 bits per heavy atom. The number of benzene rings is 3. The van der Waals surface area contributed by atoms with Crippen LogP contribution < -0.4 is 0 Å². The minimum atomic E-state index is 0.967. The van der Waals surface area contributed by atoms with E-state index in [4.69, 9.17) is 0 Å². The topological polar surface area (TPSA) is 12.9 Å². The summed E-state index contributed by atoms with van der Waals surface area (Å²) in [5, 5.41) is 3.72. The quantitative estimate of drug-likeness (QED) is 0.439. The van der Waals surface area contributed by atoms with Gasteiger partial charge in [-0.05, 0) is 42.8 Å². The van der Waals surface area contributed by atoms with Gasteiger partial charge in [0.25, 0.3) is 0 Å². The molecule has 0 spiro atoms. The van der Waals surface area contributed by atoms with E-state index in [1.54, 1.807) is 0 Å². The zero-order valence-electron chi connectivity index (χ0n) is 13.5. The van der Waals surface area contributed by atoms with Crippen molar-refractivity contribution >= 4 is 21.7 Å². The number of pyridine rings is 1. The maximum atomic E-state index is 4.55. The van der Waals surface area contributed by atoms with E-state index in [0.29, 0.717) is 0 Å². The van der Waals surface area contributed by atoms with Crippen LogP contribution in [0.4, 0.5) is 0 Å². The molecule has 1 nitrogen and oxygen atoms in total. The molecule has 0 saturated carbocycles. The van der Waals surface area contributed by atoms with Gasteiger partial charge in [-0.25, -0.2) is 0 Å². The molecule has 1 heteroatoms. The molecule has 0 fully saturated rings. The molecule has 0 aliphatic heterocycles. The van der Waals surface area contributed by atoms with Gasteiger partial charge < -0.3 is 0 Å². The van der Waals surface area contributed by atoms with Crippen molar-refractivity contribution < 1.29 is 0 Å². The Bertz CT molecular complexity index is 994. The maximum Gasteiger partial charge on any atom is 0.0708 e. The molecule has 4 rings (SSSR count). The highest BCUT2D eigenvalue weighted by Crippen LogP contribution is 2.25. The lowest BCUT2D eigenvalue weighted by molar-refractivity contribution is 1.17. The molecule has 0 bridgehead atoms. The summed E-state index contributed by atoms with van der Waals surface area (Å²) in [5.41, 5.74) is 6.44. The summed E-state index contributed by atoms with van der Waals surface area (Å²) in [4.78, 5) is 4.55. The fourth-order valence-electron chi connectivity index (χ4n) is 3.42. The van der Waals surface area contributed by atoms with Crippen molar-refractivity contribution in [3.63, 3.8) is 0 Å². The minimum Gasteiger partial charge on any atom is -0.256 e. The molecule has 0 unspecified atom stereocenters. The Kier molecular flexibility index (Phi) is 3.34. The Balaban J connectivity index is 1.83. The molecular formula is C22H19N. The first-order valence-electron chi connectivity index (χ1n) is 8.03. The Hall–Kier alpha value is -2.67. The summed E-state index contributed by atoms with van der Waals surface area (Å²) < 4.78 is 0. The largest absolute Gasteiger partial charge is 0.256 e. The number of nitrogens with zero attached hydrogens (tertiary/aromatic N) is 1. The lowest BCUT2D eigenvalue weighted by atomic mass is 9.98. The van der Waals surface area contributed by atoms with Gasteiger partial charge in [-0.15, -0.1) is 0 Å². The zero-order valence-corrected chi connectivity index (χ0v) is 13.5. The van der Waals surface area contributed by atoms with Crippen LogP contribution in [0.5, 0.6) is 0 Å². The van der Waals surface area contributed by atoms with Gasteiger partial charge in [-0.2, -0.15) is 0 Å². The van der Waals surface area contributed by atoms with Crippen LogP contribution in [0.3, 0.4) is 0 Å². The number of fused-ring (bicyclic) bond motifs is 3. The van der Waals surface area contributed by atoms with Crippen molar-refractivity contribution in [2.75, 3.05) is 0 Å². The highest BCUT2D eigenvalue weighted by Gasteiger charge is 2.04. The zero-order chi connectivity index (χ0) is 15.8. The molecule has 1 aromatic heterocycles. The Morgan fingerprint density at radius 2 is 1.52 bits per heavy atom. The summed E-state index contributed by atoms with van der Waals surface area (Å²) in [5.74, 6) is 0. The first-order valence-corrected chi connectivity index (χ1v) is 8.03. The summed E-state index contributed by atoms with van der Waals surface area (Å²) in [6, 6.07) is 21.9. The van der Waals surface area contributed by atoms with Crippen LogP contribution in [-0.2, 0) is 6.42 Å². The monoisotopic (exact) mass is 297 g/mol. The van der Waals surface area contributed by atoms with Gasteiger partial charge in [-0.1, -0.05) is 65.7 Å². The minimum absolute atomic E-state index is 0.967. The molecule has 0 amide bonds. The molecule has 0 N–H and O–H groups in total. The molecular weight excluding hydrogens is 278 g/mol. The molecule has 112 valence electrons. The fraction of sp³-hybridized carbons (Fsp3) is 0.136. The van der Waals surface area contributed by atoms with E-state index in [9.17, 15) is 0 Å². The van der Waals surface area contributed by atoms with E-state index in [2.05, 4.69) is 73.4 Å². The fourth-order valence-corrected chi connectivity index (χ4v) is 3.42. The van der Waals surface area contributed by atoms with E-state index in [1.165, 1.54) is 38.4 Å². The average molecular weight is 297 g/mol. The molecule has 1 heterocycles. The molecule has 23 heavy (non-hydrogen) atoms. The van der Waals surface area contributed by atoms with Crippen LogP contribution in [-0.4, -0.2) is 4.98 Å². The van der Waals surface area contributed by atoms with Crippen LogP contribution in [0, 0.1) is 13.8 Å². The highest BCUT2D eigenvalue weighted by molar-refractivity contribution is 6.05. The van der Waals surface area contributed by atoms with Gasteiger partial charge in [0.2, 0.25) is 0 Å². The van der Waals surface area contributed by atoms with Crippen LogP contribution in [0.2, 0.25) is 0 Å². The molecule has 0 aliphatic carbocycles. The Morgan fingerprint density at radius 3 is 2.35 bits per heavy atom. The standard InChI is InChI=1S/C22H19N/c1-15-9-16(2)11-18(10-15)12-17-7-8-19-14-23-22-6-4-3-5-20(22)21(19)13-17/h3-11,13-14H,12H2,1-2H3. The average Bonchev–Trinajstić information content (AvgIpc) is 2.54. The predicted octanol–water partition coefficient (Wildman–Crippen LogP) is 5.60. The van der Waals surface area contributed by atoms with E-state index in [1.807, 2.05) is 12.3 Å². The van der Waals surface area contributed by atoms with Gasteiger partial charge in [-0.3, -0.25) is 4.98 Å². The number of aromatic nitrogens is 1. The van der Waals surface area contributed by atoms with Crippen molar-refractivity contribution in [3.8, 4) is 0 Å². The molecule has 3 aromatic carbocycles. The lowest BCUT2D eigenvalue weighted by Gasteiger charge is -2.08. The van der Waals surface area contributed by atoms with Crippen molar-refractivity contribution in [1.29, 1.82) is 0 Å². The third kappa shape index (κ3) is 2.70. The van der Waals surface area contributed by atoms with Crippen molar-refractivity contribution in [2.45, 2.75) is 20.3 Å². The number of para-hydroxylation sites is 1. The predicted molar refractivity (Wildman–Crippen MR) is 98.0 cm³/mol. The number of aryl methyl sites for hydroxylation is 2. The van der Waals surface area contributed by atoms with Crippen LogP contribution in [0.1, 0.15) is 22.3 Å². The second kappa shape index (κ2) is 5.51. The van der Waals surface area contributed by atoms with Crippen molar-refractivity contribution in [2.24, 2.45) is 0 Å². The summed E-state index contributed by atoms with van der Waals surface area (Å²) in [6.07, 6.45) is 2.94. The summed E-state index contributed by atoms with van der Waals surface area (Å²) in [6.45, 7) is 4.33. The highest BCUT2D eigenvalue weighted by atomic mass is 14.6. The molecule has 0 aliphatic rings. The maximum absolute atomic E-state index is 4.55. The first kappa shape index (κ1) is 14.0. The van der Waals surface area contributed by atoms with E-state index < -0.39 is 0 Å². The summed E-state index contributed by atoms with van der Waals surface area (Å²) in [7, 11) is 0. The van der Waals surface area contributed by atoms with Gasteiger partial charge >= 0.3 is 0 Å². The smallest absolute Gasteiger partial charge is 0.0708 e. The van der Waals surface area contributed by atoms with Crippen molar-refractivity contribution in [1.82, 2.24) is 4.98 Å². The van der Waals surface area contributed by atoms with Crippen molar-refractivity contribution in [3.05, 3.63) is 89.1 Å². The second-order valence-corrected chi connectivity index (χ2v) is 6.37. The van der Waals surface area contributed by atoms with Gasteiger partial charge in [0.05, 0.1) is 5.52 Å². The first-order chi connectivity index (χ1) is 11.2. The van der Waals surface area contributed by atoms with Crippen LogP contribution in [0.25, 0.3) is 21.7 Å². The van der Waals surface area contributed by atoms with Gasteiger partial charge in [0, 0.05) is 17.0 Å². The van der Waals surface area contributed by atoms with E-state index in [-0.39, 0.29) is 0 Å². The van der Waals surface area contributed by atoms with Gasteiger partial charge in [0.1, 0.15) is 0 Å². The number of hydrogen-bond acceptors (Lipinski definition) is 1. The number of rotatable bonds is 2. The molecule has 4 aromatic rings. The lowest BCUT2D eigenvalue weighted by Crippen LogP contribution is -1.91. The number of hydrogen-bond donors (Lipinski definition) is 0. The normalized spacial score (nSPS) is 11.2. The van der Waals surface area contributed by atoms with E-state index >= 15 is 0 Å². The van der Waals surface area contributed by atoms with Crippen LogP contribution in [0.15, 0.2) is 66.9 Å². The second-order valence-electron chi connectivity index (χ2n) is 6.37. The molecule has 0 saturated heterocycles. The molecule has 0 radical (unpaired) electrons.